The first-order chi connectivity index (χ1) is 9.26. The van der Waals surface area contributed by atoms with Crippen molar-refractivity contribution in [3.63, 3.8) is 0 Å². The molecule has 3 rings (SSSR count). The lowest BCUT2D eigenvalue weighted by Crippen LogP contribution is -1.98. The molecule has 0 saturated carbocycles. The number of nitrogens with zero attached hydrogens (tertiary/aromatic N) is 5. The van der Waals surface area contributed by atoms with Crippen molar-refractivity contribution in [3.8, 4) is 5.88 Å². The number of fused-ring (bicyclic) bond motifs is 1. The van der Waals surface area contributed by atoms with Gasteiger partial charge in [0.1, 0.15) is 5.03 Å². The van der Waals surface area contributed by atoms with Gasteiger partial charge in [-0.1, -0.05) is 6.07 Å². The highest BCUT2D eigenvalue weighted by Crippen LogP contribution is 2.27. The third-order valence-electron chi connectivity index (χ3n) is 2.38. The summed E-state index contributed by atoms with van der Waals surface area (Å²) >= 11 is 1.35. The summed E-state index contributed by atoms with van der Waals surface area (Å²) in [5, 5.41) is 9.54. The number of pyridine rings is 1. The minimum atomic E-state index is 0.163. The van der Waals surface area contributed by atoms with Gasteiger partial charge in [0.2, 0.25) is 17.0 Å². The van der Waals surface area contributed by atoms with E-state index >= 15 is 0 Å². The minimum absolute atomic E-state index is 0.163. The Labute approximate surface area is 112 Å². The van der Waals surface area contributed by atoms with Crippen LogP contribution in [0.25, 0.3) is 5.65 Å². The number of rotatable bonds is 3. The SMILES string of the molecule is COc1cc(Sc2nnc3ccccn23)nc(N)n1. The molecule has 2 N–H and O–H groups in total. The Morgan fingerprint density at radius 2 is 2.16 bits per heavy atom. The average Bonchev–Trinajstić information content (AvgIpc) is 2.82. The van der Waals surface area contributed by atoms with Crippen molar-refractivity contribution >= 4 is 23.4 Å². The first kappa shape index (κ1) is 11.7. The molecule has 0 amide bonds. The van der Waals surface area contributed by atoms with E-state index in [4.69, 9.17) is 10.5 Å². The van der Waals surface area contributed by atoms with Crippen molar-refractivity contribution in [2.45, 2.75) is 10.2 Å². The number of hydrogen-bond acceptors (Lipinski definition) is 7. The second kappa shape index (κ2) is 4.73. The molecular weight excluding hydrogens is 264 g/mol. The molecule has 3 heterocycles. The van der Waals surface area contributed by atoms with Gasteiger partial charge in [-0.15, -0.1) is 10.2 Å². The molecule has 0 unspecified atom stereocenters. The van der Waals surface area contributed by atoms with Gasteiger partial charge in [0.25, 0.3) is 0 Å². The molecule has 0 fully saturated rings. The average molecular weight is 274 g/mol. The topological polar surface area (TPSA) is 91.2 Å². The lowest BCUT2D eigenvalue weighted by atomic mass is 10.5. The van der Waals surface area contributed by atoms with E-state index in [0.717, 1.165) is 5.65 Å². The number of anilines is 1. The molecule has 8 heteroatoms. The highest BCUT2D eigenvalue weighted by molar-refractivity contribution is 7.99. The highest BCUT2D eigenvalue weighted by atomic mass is 32.2. The summed E-state index contributed by atoms with van der Waals surface area (Å²) < 4.78 is 6.93. The lowest BCUT2D eigenvalue weighted by Gasteiger charge is -2.03. The zero-order chi connectivity index (χ0) is 13.2. The zero-order valence-corrected chi connectivity index (χ0v) is 10.8. The Kier molecular flexibility index (Phi) is 2.92. The quantitative estimate of drug-likeness (QED) is 0.719. The van der Waals surface area contributed by atoms with Gasteiger partial charge in [0.15, 0.2) is 5.65 Å². The van der Waals surface area contributed by atoms with Crippen molar-refractivity contribution in [1.29, 1.82) is 0 Å². The molecule has 0 aliphatic carbocycles. The van der Waals surface area contributed by atoms with Crippen molar-refractivity contribution < 1.29 is 4.74 Å². The van der Waals surface area contributed by atoms with Gasteiger partial charge in [0, 0.05) is 12.3 Å². The van der Waals surface area contributed by atoms with Crippen LogP contribution >= 0.6 is 11.8 Å². The van der Waals surface area contributed by atoms with Gasteiger partial charge < -0.3 is 10.5 Å². The summed E-state index contributed by atoms with van der Waals surface area (Å²) in [6, 6.07) is 7.40. The van der Waals surface area contributed by atoms with Gasteiger partial charge in [-0.25, -0.2) is 4.98 Å². The molecule has 0 radical (unpaired) electrons. The van der Waals surface area contributed by atoms with Gasteiger partial charge in [-0.05, 0) is 23.9 Å². The molecule has 0 aromatic carbocycles. The predicted octanol–water partition coefficient (Wildman–Crippen LogP) is 1.26. The van der Waals surface area contributed by atoms with Crippen LogP contribution in [0.5, 0.6) is 5.88 Å². The van der Waals surface area contributed by atoms with E-state index in [1.807, 2.05) is 28.8 Å². The molecule has 0 atom stereocenters. The van der Waals surface area contributed by atoms with Gasteiger partial charge in [0.05, 0.1) is 7.11 Å². The molecule has 7 nitrogen and oxygen atoms in total. The summed E-state index contributed by atoms with van der Waals surface area (Å²) in [7, 11) is 1.53. The monoisotopic (exact) mass is 274 g/mol. The Hall–Kier alpha value is -2.35. The molecule has 3 aromatic rings. The summed E-state index contributed by atoms with van der Waals surface area (Å²) in [5.74, 6) is 0.583. The van der Waals surface area contributed by atoms with E-state index in [2.05, 4.69) is 20.2 Å². The van der Waals surface area contributed by atoms with Crippen LogP contribution in [0.2, 0.25) is 0 Å². The maximum atomic E-state index is 5.62. The fourth-order valence-electron chi connectivity index (χ4n) is 1.56. The molecular formula is C11H10N6OS. The number of ether oxygens (including phenoxy) is 1. The van der Waals surface area contributed by atoms with Crippen LogP contribution < -0.4 is 10.5 Å². The van der Waals surface area contributed by atoms with Crippen molar-refractivity contribution in [3.05, 3.63) is 30.5 Å². The van der Waals surface area contributed by atoms with Crippen molar-refractivity contribution in [2.24, 2.45) is 0 Å². The first-order valence-corrected chi connectivity index (χ1v) is 6.24. The second-order valence-electron chi connectivity index (χ2n) is 3.62. The molecule has 96 valence electrons. The fourth-order valence-corrected chi connectivity index (χ4v) is 2.38. The van der Waals surface area contributed by atoms with Gasteiger partial charge in [-0.2, -0.15) is 4.98 Å². The van der Waals surface area contributed by atoms with E-state index in [1.54, 1.807) is 6.07 Å². The molecule has 0 saturated heterocycles. The number of nitrogens with two attached hydrogens (primary N) is 1. The Morgan fingerprint density at radius 3 is 3.00 bits per heavy atom. The minimum Gasteiger partial charge on any atom is -0.481 e. The molecule has 0 aliphatic heterocycles. The Bertz CT molecular complexity index is 728. The maximum Gasteiger partial charge on any atom is 0.224 e. The smallest absolute Gasteiger partial charge is 0.224 e. The summed E-state index contributed by atoms with van der Waals surface area (Å²) in [6.07, 6.45) is 1.89. The molecule has 0 spiro atoms. The van der Waals surface area contributed by atoms with Gasteiger partial charge >= 0.3 is 0 Å². The van der Waals surface area contributed by atoms with E-state index in [9.17, 15) is 0 Å². The number of methoxy groups -OCH3 is 1. The number of hydrogen-bond donors (Lipinski definition) is 1. The predicted molar refractivity (Wildman–Crippen MR) is 70.1 cm³/mol. The maximum absolute atomic E-state index is 5.62. The normalized spacial score (nSPS) is 10.8. The van der Waals surface area contributed by atoms with Crippen LogP contribution in [0.3, 0.4) is 0 Å². The third-order valence-corrected chi connectivity index (χ3v) is 3.26. The highest BCUT2D eigenvalue weighted by Gasteiger charge is 2.10. The standard InChI is InChI=1S/C11H10N6OS/c1-18-8-6-9(14-10(12)13-8)19-11-16-15-7-4-2-3-5-17(7)11/h2-6H,1H3,(H2,12,13,14). The second-order valence-corrected chi connectivity index (χ2v) is 4.61. The molecule has 0 bridgehead atoms. The Balaban J connectivity index is 1.99. The van der Waals surface area contributed by atoms with E-state index in [1.165, 1.54) is 18.9 Å². The molecule has 0 aliphatic rings. The lowest BCUT2D eigenvalue weighted by molar-refractivity contribution is 0.396. The summed E-state index contributed by atoms with van der Waals surface area (Å²) in [6.45, 7) is 0. The van der Waals surface area contributed by atoms with Crippen LogP contribution in [0.15, 0.2) is 40.6 Å². The van der Waals surface area contributed by atoms with Crippen LogP contribution in [-0.4, -0.2) is 31.7 Å². The van der Waals surface area contributed by atoms with Crippen molar-refractivity contribution in [1.82, 2.24) is 24.6 Å². The summed E-state index contributed by atoms with van der Waals surface area (Å²) in [4.78, 5) is 8.06. The van der Waals surface area contributed by atoms with Gasteiger partial charge in [-0.3, -0.25) is 4.40 Å². The fraction of sp³-hybridized carbons (Fsp3) is 0.0909. The zero-order valence-electron chi connectivity index (χ0n) is 10.0. The summed E-state index contributed by atoms with van der Waals surface area (Å²) in [5.41, 5.74) is 6.40. The van der Waals surface area contributed by atoms with Crippen LogP contribution in [0.1, 0.15) is 0 Å². The Morgan fingerprint density at radius 1 is 1.26 bits per heavy atom. The van der Waals surface area contributed by atoms with E-state index in [-0.39, 0.29) is 5.95 Å². The first-order valence-electron chi connectivity index (χ1n) is 5.42. The van der Waals surface area contributed by atoms with Crippen molar-refractivity contribution in [2.75, 3.05) is 12.8 Å². The molecule has 3 aromatic heterocycles. The number of nitrogen functional groups attached to an aromatic ring is 1. The largest absolute Gasteiger partial charge is 0.481 e. The van der Waals surface area contributed by atoms with Crippen LogP contribution in [0, 0.1) is 0 Å². The van der Waals surface area contributed by atoms with E-state index < -0.39 is 0 Å². The number of aromatic nitrogens is 5. The van der Waals surface area contributed by atoms with Crippen LogP contribution in [0.4, 0.5) is 5.95 Å². The van der Waals surface area contributed by atoms with E-state index in [0.29, 0.717) is 16.1 Å². The molecule has 19 heavy (non-hydrogen) atoms. The van der Waals surface area contributed by atoms with Crippen LogP contribution in [-0.2, 0) is 0 Å². The third kappa shape index (κ3) is 2.29.